The minimum Gasteiger partial charge on any atom is -0.450 e. The number of sulfone groups is 1. The van der Waals surface area contributed by atoms with E-state index in [2.05, 4.69) is 5.32 Å². The Morgan fingerprint density at radius 2 is 1.96 bits per heavy atom. The highest BCUT2D eigenvalue weighted by atomic mass is 35.5. The van der Waals surface area contributed by atoms with E-state index < -0.39 is 14.8 Å². The molecule has 1 aliphatic heterocycles. The van der Waals surface area contributed by atoms with Crippen LogP contribution in [0.3, 0.4) is 0 Å². The molecular weight excluding hydrogens is 392 g/mol. The van der Waals surface area contributed by atoms with Gasteiger partial charge in [-0.25, -0.2) is 8.42 Å². The van der Waals surface area contributed by atoms with Gasteiger partial charge in [0.2, 0.25) is 5.75 Å². The Morgan fingerprint density at radius 1 is 1.22 bits per heavy atom. The van der Waals surface area contributed by atoms with Crippen molar-refractivity contribution < 1.29 is 18.1 Å². The zero-order valence-electron chi connectivity index (χ0n) is 14.4. The molecule has 1 saturated heterocycles. The van der Waals surface area contributed by atoms with Crippen LogP contribution in [0.2, 0.25) is 5.02 Å². The number of nitrogens with zero attached hydrogens (tertiary/aromatic N) is 1. The summed E-state index contributed by atoms with van der Waals surface area (Å²) in [5, 5.41) is 14.6. The highest BCUT2D eigenvalue weighted by molar-refractivity contribution is 7.91. The third kappa shape index (κ3) is 5.41. The number of ether oxygens (including phenoxy) is 1. The normalized spacial score (nSPS) is 18.8. The highest BCUT2D eigenvalue weighted by Crippen LogP contribution is 2.33. The monoisotopic (exact) mass is 410 g/mol. The maximum absolute atomic E-state index is 11.7. The average molecular weight is 411 g/mol. The summed E-state index contributed by atoms with van der Waals surface area (Å²) in [7, 11) is -2.94. The first-order valence-electron chi connectivity index (χ1n) is 8.47. The minimum absolute atomic E-state index is 0.0311. The summed E-state index contributed by atoms with van der Waals surface area (Å²) < 4.78 is 29.0. The quantitative estimate of drug-likeness (QED) is 0.575. The van der Waals surface area contributed by atoms with Crippen molar-refractivity contribution in [2.24, 2.45) is 0 Å². The molecule has 1 atom stereocenters. The van der Waals surface area contributed by atoms with Crippen molar-refractivity contribution in [3.8, 4) is 11.5 Å². The van der Waals surface area contributed by atoms with Crippen molar-refractivity contribution in [3.63, 3.8) is 0 Å². The van der Waals surface area contributed by atoms with Crippen LogP contribution in [-0.4, -0.2) is 30.9 Å². The predicted octanol–water partition coefficient (Wildman–Crippen LogP) is 3.71. The number of hydrogen-bond acceptors (Lipinski definition) is 6. The lowest BCUT2D eigenvalue weighted by Gasteiger charge is -2.23. The van der Waals surface area contributed by atoms with Crippen molar-refractivity contribution in [1.29, 1.82) is 0 Å². The van der Waals surface area contributed by atoms with Gasteiger partial charge in [0.25, 0.3) is 0 Å². The molecule has 3 rings (SSSR count). The molecule has 0 amide bonds. The van der Waals surface area contributed by atoms with E-state index in [1.54, 1.807) is 12.1 Å². The van der Waals surface area contributed by atoms with E-state index in [9.17, 15) is 18.5 Å². The molecule has 0 bridgehead atoms. The third-order valence-corrected chi connectivity index (χ3v) is 6.38. The summed E-state index contributed by atoms with van der Waals surface area (Å²) in [6.45, 7) is 0.543. The van der Waals surface area contributed by atoms with Gasteiger partial charge in [-0.15, -0.1) is 0 Å². The molecule has 1 aliphatic rings. The van der Waals surface area contributed by atoms with Gasteiger partial charge in [0.05, 0.1) is 16.4 Å². The van der Waals surface area contributed by atoms with Gasteiger partial charge < -0.3 is 10.1 Å². The number of nitro groups is 1. The van der Waals surface area contributed by atoms with Crippen LogP contribution in [0.1, 0.15) is 18.4 Å². The summed E-state index contributed by atoms with van der Waals surface area (Å²) in [6, 6.07) is 11.3. The topological polar surface area (TPSA) is 98.5 Å². The minimum atomic E-state index is -2.94. The maximum Gasteiger partial charge on any atom is 0.313 e. The fraction of sp³-hybridized carbons (Fsp3) is 0.333. The molecule has 2 aromatic carbocycles. The lowest BCUT2D eigenvalue weighted by Crippen LogP contribution is -2.39. The van der Waals surface area contributed by atoms with E-state index in [1.807, 2.05) is 12.1 Å². The van der Waals surface area contributed by atoms with Crippen LogP contribution in [0.15, 0.2) is 42.5 Å². The summed E-state index contributed by atoms with van der Waals surface area (Å²) >= 11 is 5.80. The molecule has 0 saturated carbocycles. The van der Waals surface area contributed by atoms with Crippen LogP contribution in [0.5, 0.6) is 11.5 Å². The summed E-state index contributed by atoms with van der Waals surface area (Å²) in [5.74, 6) is 1.02. The predicted molar refractivity (Wildman–Crippen MR) is 103 cm³/mol. The van der Waals surface area contributed by atoms with Crippen LogP contribution < -0.4 is 10.1 Å². The molecule has 1 N–H and O–H groups in total. The Morgan fingerprint density at radius 3 is 2.63 bits per heavy atom. The number of halogens is 1. The molecule has 9 heteroatoms. The van der Waals surface area contributed by atoms with Crippen molar-refractivity contribution in [1.82, 2.24) is 5.32 Å². The molecule has 0 aromatic heterocycles. The van der Waals surface area contributed by atoms with Crippen LogP contribution in [0.25, 0.3) is 0 Å². The van der Waals surface area contributed by atoms with Crippen LogP contribution in [-0.2, 0) is 16.4 Å². The molecule has 0 spiro atoms. The van der Waals surface area contributed by atoms with Crippen LogP contribution in [0, 0.1) is 10.1 Å². The van der Waals surface area contributed by atoms with Gasteiger partial charge in [-0.05, 0) is 42.7 Å². The fourth-order valence-corrected chi connectivity index (χ4v) is 4.80. The number of nitro benzene ring substituents is 1. The number of hydrogen-bond donors (Lipinski definition) is 1. The first-order valence-corrected chi connectivity index (χ1v) is 10.7. The van der Waals surface area contributed by atoms with E-state index in [4.69, 9.17) is 16.3 Å². The molecule has 0 unspecified atom stereocenters. The first-order chi connectivity index (χ1) is 12.8. The Labute approximate surface area is 162 Å². The van der Waals surface area contributed by atoms with E-state index in [-0.39, 0.29) is 34.0 Å². The Kier molecular flexibility index (Phi) is 5.98. The number of nitrogens with one attached hydrogen (secondary N) is 1. The van der Waals surface area contributed by atoms with E-state index in [0.29, 0.717) is 18.7 Å². The lowest BCUT2D eigenvalue weighted by atomic mass is 10.1. The van der Waals surface area contributed by atoms with Crippen molar-refractivity contribution in [2.45, 2.75) is 25.4 Å². The summed E-state index contributed by atoms with van der Waals surface area (Å²) in [4.78, 5) is 10.6. The molecule has 0 aliphatic carbocycles. The second kappa shape index (κ2) is 8.24. The highest BCUT2D eigenvalue weighted by Gasteiger charge is 2.24. The molecule has 0 radical (unpaired) electrons. The largest absolute Gasteiger partial charge is 0.450 e. The zero-order valence-corrected chi connectivity index (χ0v) is 16.0. The van der Waals surface area contributed by atoms with Gasteiger partial charge >= 0.3 is 5.69 Å². The Bertz CT molecular complexity index is 931. The van der Waals surface area contributed by atoms with Gasteiger partial charge in [-0.1, -0.05) is 23.7 Å². The van der Waals surface area contributed by atoms with Gasteiger partial charge in [-0.2, -0.15) is 0 Å². The van der Waals surface area contributed by atoms with Gasteiger partial charge in [0, 0.05) is 23.7 Å². The fourth-order valence-electron chi connectivity index (χ4n) is 2.97. The van der Waals surface area contributed by atoms with E-state index in [1.165, 1.54) is 18.2 Å². The molecular formula is C18H19ClN2O5S. The molecule has 27 heavy (non-hydrogen) atoms. The SMILES string of the molecule is O=[N+]([O-])c1cc(Cl)ccc1Oc1ccc(CN[C@H]2CCCS(=O)(=O)C2)cc1. The van der Waals surface area contributed by atoms with Gasteiger partial charge in [-0.3, -0.25) is 10.1 Å². The molecule has 7 nitrogen and oxygen atoms in total. The van der Waals surface area contributed by atoms with Crippen molar-refractivity contribution in [2.75, 3.05) is 11.5 Å². The van der Waals surface area contributed by atoms with Gasteiger partial charge in [0.15, 0.2) is 9.84 Å². The van der Waals surface area contributed by atoms with E-state index in [0.717, 1.165) is 12.0 Å². The smallest absolute Gasteiger partial charge is 0.313 e. The third-order valence-electron chi connectivity index (χ3n) is 4.33. The Hall–Kier alpha value is -2.16. The molecule has 2 aromatic rings. The van der Waals surface area contributed by atoms with Crippen molar-refractivity contribution >= 4 is 27.1 Å². The standard InChI is InChI=1S/C18H19ClN2O5S/c19-14-5-8-18(17(10-14)21(22)23)26-16-6-3-13(4-7-16)11-20-15-2-1-9-27(24,25)12-15/h3-8,10,15,20H,1-2,9,11-12H2/t15-/m0/s1. The van der Waals surface area contributed by atoms with Crippen LogP contribution in [0.4, 0.5) is 5.69 Å². The Balaban J connectivity index is 1.62. The maximum atomic E-state index is 11.7. The van der Waals surface area contributed by atoms with E-state index >= 15 is 0 Å². The molecule has 144 valence electrons. The summed E-state index contributed by atoms with van der Waals surface area (Å²) in [5.41, 5.74) is 0.766. The van der Waals surface area contributed by atoms with Gasteiger partial charge in [0.1, 0.15) is 5.75 Å². The van der Waals surface area contributed by atoms with Crippen LogP contribution >= 0.6 is 11.6 Å². The second-order valence-corrected chi connectivity index (χ2v) is 9.11. The number of rotatable bonds is 6. The van der Waals surface area contributed by atoms with Crippen molar-refractivity contribution in [3.05, 3.63) is 63.2 Å². The lowest BCUT2D eigenvalue weighted by molar-refractivity contribution is -0.385. The first kappa shape index (κ1) is 19.6. The molecule has 1 heterocycles. The zero-order chi connectivity index (χ0) is 19.4. The summed E-state index contributed by atoms with van der Waals surface area (Å²) in [6.07, 6.45) is 1.54. The second-order valence-electron chi connectivity index (χ2n) is 6.45. The average Bonchev–Trinajstić information content (AvgIpc) is 2.61. The number of benzene rings is 2. The molecule has 1 fully saturated rings.